The predicted molar refractivity (Wildman–Crippen MR) is 73.5 cm³/mol. The number of anilines is 1. The van der Waals surface area contributed by atoms with Crippen LogP contribution in [0.25, 0.3) is 10.9 Å². The highest BCUT2D eigenvalue weighted by Crippen LogP contribution is 2.29. The molecule has 1 heterocycles. The first kappa shape index (κ1) is 12.8. The maximum atomic E-state index is 10.2. The van der Waals surface area contributed by atoms with Crippen molar-refractivity contribution >= 4 is 16.6 Å². The minimum Gasteiger partial charge on any atom is -0.388 e. The predicted octanol–water partition coefficient (Wildman–Crippen LogP) is 2.59. The summed E-state index contributed by atoms with van der Waals surface area (Å²) in [6, 6.07) is 7.81. The van der Waals surface area contributed by atoms with Crippen molar-refractivity contribution in [3.63, 3.8) is 0 Å². The fraction of sp³-hybridized carbons (Fsp3) is 0.429. The van der Waals surface area contributed by atoms with E-state index in [0.717, 1.165) is 16.6 Å². The average Bonchev–Trinajstić information content (AvgIpc) is 2.27. The Hall–Kier alpha value is -1.68. The highest BCUT2D eigenvalue weighted by molar-refractivity contribution is 5.90. The minimum absolute atomic E-state index is 0.473. The van der Waals surface area contributed by atoms with Crippen LogP contribution in [0.15, 0.2) is 30.5 Å². The summed E-state index contributed by atoms with van der Waals surface area (Å²) in [5.41, 5.74) is 0.401. The van der Waals surface area contributed by atoms with Gasteiger partial charge in [-0.25, -0.2) is 0 Å². The van der Waals surface area contributed by atoms with E-state index in [9.17, 15) is 5.11 Å². The van der Waals surface area contributed by atoms with Crippen LogP contribution in [0.3, 0.4) is 0 Å². The molecule has 4 heteroatoms. The van der Waals surface area contributed by atoms with Gasteiger partial charge in [0.25, 0.3) is 0 Å². The Morgan fingerprint density at radius 2 is 1.78 bits per heavy atom. The molecule has 0 aliphatic rings. The molecule has 0 aliphatic carbocycles. The maximum Gasteiger partial charge on any atom is 0.0950 e. The number of hydrogen-bond donors (Lipinski definition) is 2. The molecule has 0 bridgehead atoms. The van der Waals surface area contributed by atoms with Crippen LogP contribution in [-0.4, -0.2) is 26.4 Å². The molecule has 0 aliphatic heterocycles. The highest BCUT2D eigenvalue weighted by Gasteiger charge is 2.35. The lowest BCUT2D eigenvalue weighted by Crippen LogP contribution is -2.51. The molecule has 0 atom stereocenters. The summed E-state index contributed by atoms with van der Waals surface area (Å²) >= 11 is 0. The van der Waals surface area contributed by atoms with Crippen molar-refractivity contribution in [1.29, 1.82) is 0 Å². The second-order valence-electron chi connectivity index (χ2n) is 5.58. The van der Waals surface area contributed by atoms with Gasteiger partial charge in [-0.2, -0.15) is 10.2 Å². The molecule has 2 rings (SSSR count). The van der Waals surface area contributed by atoms with Gasteiger partial charge < -0.3 is 10.4 Å². The summed E-state index contributed by atoms with van der Waals surface area (Å²) in [7, 11) is 0. The quantitative estimate of drug-likeness (QED) is 0.872. The number of nitrogens with zero attached hydrogens (tertiary/aromatic N) is 2. The molecule has 0 fully saturated rings. The fourth-order valence-electron chi connectivity index (χ4n) is 1.60. The van der Waals surface area contributed by atoms with Crippen molar-refractivity contribution in [1.82, 2.24) is 10.2 Å². The summed E-state index contributed by atoms with van der Waals surface area (Å²) in [5, 5.41) is 22.6. The van der Waals surface area contributed by atoms with Crippen LogP contribution in [-0.2, 0) is 0 Å². The Labute approximate surface area is 107 Å². The van der Waals surface area contributed by atoms with E-state index in [1.807, 2.05) is 38.1 Å². The van der Waals surface area contributed by atoms with Crippen LogP contribution in [0.1, 0.15) is 27.7 Å². The SMILES string of the molecule is CC(C)(O)C(C)(C)Nc1cnnc2ccccc12. The summed E-state index contributed by atoms with van der Waals surface area (Å²) in [4.78, 5) is 0. The van der Waals surface area contributed by atoms with Crippen molar-refractivity contribution in [2.24, 2.45) is 0 Å². The topological polar surface area (TPSA) is 58.0 Å². The molecule has 0 amide bonds. The zero-order valence-corrected chi connectivity index (χ0v) is 11.2. The number of fused-ring (bicyclic) bond motifs is 1. The molecule has 4 nitrogen and oxygen atoms in total. The standard InChI is InChI=1S/C14H19N3O/c1-13(2,14(3,4)18)16-12-9-15-17-11-8-6-5-7-10(11)12/h5-9,18H,1-4H3,(H,16,17). The second kappa shape index (κ2) is 4.21. The molecule has 1 aromatic heterocycles. The van der Waals surface area contributed by atoms with Crippen LogP contribution in [0.5, 0.6) is 0 Å². The second-order valence-corrected chi connectivity index (χ2v) is 5.58. The van der Waals surface area contributed by atoms with Crippen molar-refractivity contribution in [3.8, 4) is 0 Å². The van der Waals surface area contributed by atoms with E-state index in [4.69, 9.17) is 0 Å². The first-order valence-electron chi connectivity index (χ1n) is 6.02. The van der Waals surface area contributed by atoms with Gasteiger partial charge in [0.1, 0.15) is 0 Å². The van der Waals surface area contributed by atoms with E-state index < -0.39 is 11.1 Å². The van der Waals surface area contributed by atoms with Gasteiger partial charge in [0, 0.05) is 5.39 Å². The van der Waals surface area contributed by atoms with Gasteiger partial charge in [-0.05, 0) is 33.8 Å². The molecule has 2 aromatic rings. The van der Waals surface area contributed by atoms with Gasteiger partial charge in [0.2, 0.25) is 0 Å². The first-order chi connectivity index (χ1) is 8.31. The first-order valence-corrected chi connectivity index (χ1v) is 6.02. The molecule has 0 spiro atoms. The van der Waals surface area contributed by atoms with E-state index in [0.29, 0.717) is 0 Å². The van der Waals surface area contributed by atoms with Gasteiger partial charge in [0.15, 0.2) is 0 Å². The van der Waals surface area contributed by atoms with Crippen molar-refractivity contribution in [3.05, 3.63) is 30.5 Å². The van der Waals surface area contributed by atoms with Gasteiger partial charge in [0.05, 0.1) is 28.5 Å². The molecular formula is C14H19N3O. The van der Waals surface area contributed by atoms with Crippen LogP contribution in [0.4, 0.5) is 5.69 Å². The smallest absolute Gasteiger partial charge is 0.0950 e. The Morgan fingerprint density at radius 1 is 1.11 bits per heavy atom. The lowest BCUT2D eigenvalue weighted by atomic mass is 9.85. The molecule has 96 valence electrons. The van der Waals surface area contributed by atoms with Gasteiger partial charge in [-0.15, -0.1) is 0 Å². The molecule has 0 unspecified atom stereocenters. The number of nitrogens with one attached hydrogen (secondary N) is 1. The minimum atomic E-state index is -0.850. The van der Waals surface area contributed by atoms with Crippen LogP contribution >= 0.6 is 0 Å². The third-order valence-corrected chi connectivity index (χ3v) is 3.52. The maximum absolute atomic E-state index is 10.2. The average molecular weight is 245 g/mol. The van der Waals surface area contributed by atoms with E-state index in [2.05, 4.69) is 15.5 Å². The molecule has 0 radical (unpaired) electrons. The molecule has 18 heavy (non-hydrogen) atoms. The lowest BCUT2D eigenvalue weighted by molar-refractivity contribution is 0.0241. The Morgan fingerprint density at radius 3 is 2.44 bits per heavy atom. The zero-order valence-electron chi connectivity index (χ0n) is 11.2. The number of hydrogen-bond acceptors (Lipinski definition) is 4. The molecule has 0 saturated heterocycles. The lowest BCUT2D eigenvalue weighted by Gasteiger charge is -2.39. The van der Waals surface area contributed by atoms with E-state index in [-0.39, 0.29) is 0 Å². The number of benzene rings is 1. The van der Waals surface area contributed by atoms with Crippen LogP contribution in [0.2, 0.25) is 0 Å². The fourth-order valence-corrected chi connectivity index (χ4v) is 1.60. The summed E-state index contributed by atoms with van der Waals surface area (Å²) in [6.07, 6.45) is 1.69. The summed E-state index contributed by atoms with van der Waals surface area (Å²) in [5.74, 6) is 0. The summed E-state index contributed by atoms with van der Waals surface area (Å²) < 4.78 is 0. The third-order valence-electron chi connectivity index (χ3n) is 3.52. The van der Waals surface area contributed by atoms with E-state index in [1.54, 1.807) is 20.0 Å². The Balaban J connectivity index is 2.44. The van der Waals surface area contributed by atoms with Gasteiger partial charge in [-0.3, -0.25) is 0 Å². The van der Waals surface area contributed by atoms with E-state index in [1.165, 1.54) is 0 Å². The van der Waals surface area contributed by atoms with Crippen molar-refractivity contribution in [2.75, 3.05) is 5.32 Å². The number of aromatic nitrogens is 2. The van der Waals surface area contributed by atoms with Crippen LogP contribution in [0, 0.1) is 0 Å². The Kier molecular flexibility index (Phi) is 2.99. The normalized spacial score (nSPS) is 12.7. The summed E-state index contributed by atoms with van der Waals surface area (Å²) in [6.45, 7) is 7.50. The largest absolute Gasteiger partial charge is 0.388 e. The zero-order chi connectivity index (χ0) is 13.4. The van der Waals surface area contributed by atoms with Gasteiger partial charge >= 0.3 is 0 Å². The van der Waals surface area contributed by atoms with Crippen molar-refractivity contribution in [2.45, 2.75) is 38.8 Å². The van der Waals surface area contributed by atoms with E-state index >= 15 is 0 Å². The third kappa shape index (κ3) is 2.29. The monoisotopic (exact) mass is 245 g/mol. The van der Waals surface area contributed by atoms with Crippen LogP contribution < -0.4 is 5.32 Å². The van der Waals surface area contributed by atoms with Gasteiger partial charge in [-0.1, -0.05) is 18.2 Å². The molecule has 0 saturated carbocycles. The number of rotatable bonds is 3. The van der Waals surface area contributed by atoms with Crippen molar-refractivity contribution < 1.29 is 5.11 Å². The number of aliphatic hydroxyl groups is 1. The molecule has 2 N–H and O–H groups in total. The Bertz CT molecular complexity index is 553. The highest BCUT2D eigenvalue weighted by atomic mass is 16.3. The molecular weight excluding hydrogens is 226 g/mol. The molecule has 1 aromatic carbocycles.